The molecule has 0 radical (unpaired) electrons. The highest BCUT2D eigenvalue weighted by Gasteiger charge is 2.21. The van der Waals surface area contributed by atoms with Gasteiger partial charge in [0.25, 0.3) is 0 Å². The van der Waals surface area contributed by atoms with Crippen molar-refractivity contribution >= 4 is 5.82 Å². The van der Waals surface area contributed by atoms with Crippen molar-refractivity contribution in [2.75, 3.05) is 31.7 Å². The van der Waals surface area contributed by atoms with Crippen molar-refractivity contribution < 1.29 is 4.74 Å². The summed E-state index contributed by atoms with van der Waals surface area (Å²) >= 11 is 0. The van der Waals surface area contributed by atoms with E-state index in [4.69, 9.17) is 10.5 Å². The highest BCUT2D eigenvalue weighted by molar-refractivity contribution is 5.42. The number of ether oxygens (including phenoxy) is 1. The molecule has 0 aromatic carbocycles. The van der Waals surface area contributed by atoms with Gasteiger partial charge in [-0.3, -0.25) is 0 Å². The van der Waals surface area contributed by atoms with Crippen LogP contribution in [0.15, 0.2) is 18.3 Å². The monoisotopic (exact) mass is 249 g/mol. The summed E-state index contributed by atoms with van der Waals surface area (Å²) in [4.78, 5) is 6.82. The fraction of sp³-hybridized carbons (Fsp3) is 0.643. The third kappa shape index (κ3) is 3.21. The first kappa shape index (κ1) is 13.3. The summed E-state index contributed by atoms with van der Waals surface area (Å²) in [5.41, 5.74) is 7.07. The Balaban J connectivity index is 2.08. The second kappa shape index (κ2) is 6.16. The molecule has 2 heterocycles. The Kier molecular flexibility index (Phi) is 4.55. The lowest BCUT2D eigenvalue weighted by molar-refractivity contribution is 0.143. The highest BCUT2D eigenvalue weighted by Crippen LogP contribution is 2.23. The molecule has 1 aromatic heterocycles. The molecular formula is C14H23N3O. The summed E-state index contributed by atoms with van der Waals surface area (Å²) in [7, 11) is 1.77. The summed E-state index contributed by atoms with van der Waals surface area (Å²) in [6.45, 7) is 4.95. The second-order valence-electron chi connectivity index (χ2n) is 5.15. The van der Waals surface area contributed by atoms with Crippen LogP contribution in [0.1, 0.15) is 31.4 Å². The van der Waals surface area contributed by atoms with Crippen LogP contribution in [0.4, 0.5) is 5.82 Å². The zero-order valence-electron chi connectivity index (χ0n) is 11.3. The van der Waals surface area contributed by atoms with Gasteiger partial charge in [-0.15, -0.1) is 0 Å². The van der Waals surface area contributed by atoms with Gasteiger partial charge in [-0.2, -0.15) is 0 Å². The van der Waals surface area contributed by atoms with Gasteiger partial charge in [0, 0.05) is 32.4 Å². The number of nitrogens with zero attached hydrogens (tertiary/aromatic N) is 2. The molecule has 2 rings (SSSR count). The van der Waals surface area contributed by atoms with Crippen molar-refractivity contribution in [3.63, 3.8) is 0 Å². The number of hydrogen-bond donors (Lipinski definition) is 1. The van der Waals surface area contributed by atoms with Crippen molar-refractivity contribution in [3.8, 4) is 0 Å². The zero-order chi connectivity index (χ0) is 13.0. The summed E-state index contributed by atoms with van der Waals surface area (Å²) in [6, 6.07) is 4.16. The predicted octanol–water partition coefficient (Wildman–Crippen LogP) is 1.96. The first-order chi connectivity index (χ1) is 8.70. The normalized spacial score (nSPS) is 21.9. The molecule has 4 heteroatoms. The van der Waals surface area contributed by atoms with E-state index in [1.807, 2.05) is 19.2 Å². The molecule has 1 saturated heterocycles. The number of aromatic nitrogens is 1. The zero-order valence-corrected chi connectivity index (χ0v) is 11.3. The van der Waals surface area contributed by atoms with Gasteiger partial charge in [-0.05, 0) is 43.4 Å². The fourth-order valence-electron chi connectivity index (χ4n) is 2.54. The Morgan fingerprint density at radius 2 is 2.44 bits per heavy atom. The van der Waals surface area contributed by atoms with Crippen molar-refractivity contribution in [1.29, 1.82) is 0 Å². The predicted molar refractivity (Wildman–Crippen MR) is 73.7 cm³/mol. The van der Waals surface area contributed by atoms with E-state index in [2.05, 4.69) is 16.0 Å². The van der Waals surface area contributed by atoms with Crippen LogP contribution < -0.4 is 10.6 Å². The maximum absolute atomic E-state index is 5.92. The largest absolute Gasteiger partial charge is 0.384 e. The van der Waals surface area contributed by atoms with E-state index in [1.54, 1.807) is 7.11 Å². The minimum atomic E-state index is 0.0614. The number of rotatable bonds is 4. The third-order valence-electron chi connectivity index (χ3n) is 3.54. The smallest absolute Gasteiger partial charge is 0.128 e. The molecule has 0 amide bonds. The van der Waals surface area contributed by atoms with E-state index >= 15 is 0 Å². The average Bonchev–Trinajstić information content (AvgIpc) is 2.39. The second-order valence-corrected chi connectivity index (χ2v) is 5.15. The third-order valence-corrected chi connectivity index (χ3v) is 3.54. The van der Waals surface area contributed by atoms with E-state index in [1.165, 1.54) is 12.8 Å². The molecule has 0 aliphatic carbocycles. The maximum atomic E-state index is 5.92. The molecule has 2 atom stereocenters. The van der Waals surface area contributed by atoms with Crippen LogP contribution in [0.5, 0.6) is 0 Å². The Labute approximate surface area is 109 Å². The Morgan fingerprint density at radius 1 is 1.61 bits per heavy atom. The van der Waals surface area contributed by atoms with Crippen LogP contribution in [0.25, 0.3) is 0 Å². The van der Waals surface area contributed by atoms with E-state index < -0.39 is 0 Å². The number of methoxy groups -OCH3 is 1. The van der Waals surface area contributed by atoms with Gasteiger partial charge in [-0.25, -0.2) is 4.98 Å². The summed E-state index contributed by atoms with van der Waals surface area (Å²) in [5.74, 6) is 1.66. The first-order valence-corrected chi connectivity index (χ1v) is 6.66. The Bertz CT molecular complexity index is 379. The molecule has 1 unspecified atom stereocenters. The average molecular weight is 249 g/mol. The highest BCUT2D eigenvalue weighted by atomic mass is 16.5. The van der Waals surface area contributed by atoms with Crippen LogP contribution in [0.3, 0.4) is 0 Å². The van der Waals surface area contributed by atoms with E-state index in [9.17, 15) is 0 Å². The van der Waals surface area contributed by atoms with Crippen molar-refractivity contribution in [1.82, 2.24) is 4.98 Å². The molecule has 18 heavy (non-hydrogen) atoms. The van der Waals surface area contributed by atoms with Gasteiger partial charge in [0.05, 0.1) is 6.61 Å². The van der Waals surface area contributed by atoms with Crippen LogP contribution in [-0.2, 0) is 4.74 Å². The standard InChI is InChI=1S/C14H23N3O/c1-11(15)13-5-6-16-14(8-13)17-7-3-4-12(9-17)10-18-2/h5-6,8,11-12H,3-4,7,9-10,15H2,1-2H3/t11-,12?/m0/s1. The maximum Gasteiger partial charge on any atom is 0.128 e. The van der Waals surface area contributed by atoms with Gasteiger partial charge in [-0.1, -0.05) is 0 Å². The minimum Gasteiger partial charge on any atom is -0.384 e. The van der Waals surface area contributed by atoms with Gasteiger partial charge in [0.2, 0.25) is 0 Å². The van der Waals surface area contributed by atoms with Crippen LogP contribution in [-0.4, -0.2) is 31.8 Å². The number of pyridine rings is 1. The summed E-state index contributed by atoms with van der Waals surface area (Å²) in [5, 5.41) is 0. The summed E-state index contributed by atoms with van der Waals surface area (Å²) < 4.78 is 5.26. The number of anilines is 1. The molecular weight excluding hydrogens is 226 g/mol. The molecule has 0 spiro atoms. The van der Waals surface area contributed by atoms with Gasteiger partial charge >= 0.3 is 0 Å². The van der Waals surface area contributed by atoms with Crippen LogP contribution >= 0.6 is 0 Å². The van der Waals surface area contributed by atoms with Crippen LogP contribution in [0.2, 0.25) is 0 Å². The lowest BCUT2D eigenvalue weighted by Crippen LogP contribution is -2.37. The van der Waals surface area contributed by atoms with E-state index in [0.717, 1.165) is 31.1 Å². The number of piperidine rings is 1. The molecule has 4 nitrogen and oxygen atoms in total. The SMILES string of the molecule is COCC1CCCN(c2cc([C@H](C)N)ccn2)C1. The van der Waals surface area contributed by atoms with Crippen LogP contribution in [0, 0.1) is 5.92 Å². The van der Waals surface area contributed by atoms with Gasteiger partial charge < -0.3 is 15.4 Å². The molecule has 1 aromatic rings. The minimum absolute atomic E-state index is 0.0614. The molecule has 2 N–H and O–H groups in total. The molecule has 0 saturated carbocycles. The number of nitrogens with two attached hydrogens (primary N) is 1. The van der Waals surface area contributed by atoms with E-state index in [-0.39, 0.29) is 6.04 Å². The summed E-state index contributed by atoms with van der Waals surface area (Å²) in [6.07, 6.45) is 4.31. The van der Waals surface area contributed by atoms with Crippen molar-refractivity contribution in [3.05, 3.63) is 23.9 Å². The van der Waals surface area contributed by atoms with Gasteiger partial charge in [0.1, 0.15) is 5.82 Å². The van der Waals surface area contributed by atoms with Crippen molar-refractivity contribution in [2.24, 2.45) is 11.7 Å². The fourth-order valence-corrected chi connectivity index (χ4v) is 2.54. The van der Waals surface area contributed by atoms with Crippen molar-refractivity contribution in [2.45, 2.75) is 25.8 Å². The number of hydrogen-bond acceptors (Lipinski definition) is 4. The molecule has 1 aliphatic rings. The Morgan fingerprint density at radius 3 is 3.17 bits per heavy atom. The lowest BCUT2D eigenvalue weighted by Gasteiger charge is -2.33. The molecule has 1 aliphatic heterocycles. The van der Waals surface area contributed by atoms with Gasteiger partial charge in [0.15, 0.2) is 0 Å². The first-order valence-electron chi connectivity index (χ1n) is 6.66. The molecule has 100 valence electrons. The lowest BCUT2D eigenvalue weighted by atomic mass is 9.99. The molecule has 1 fully saturated rings. The molecule has 0 bridgehead atoms. The topological polar surface area (TPSA) is 51.4 Å². The Hall–Kier alpha value is -1.13. The van der Waals surface area contributed by atoms with E-state index in [0.29, 0.717) is 5.92 Å². The quantitative estimate of drug-likeness (QED) is 0.886.